The zero-order valence-corrected chi connectivity index (χ0v) is 11.2. The van der Waals surface area contributed by atoms with Crippen LogP contribution >= 0.6 is 0 Å². The van der Waals surface area contributed by atoms with Crippen molar-refractivity contribution in [2.75, 3.05) is 26.4 Å². The van der Waals surface area contributed by atoms with Crippen LogP contribution in [0.25, 0.3) is 0 Å². The normalized spacial score (nSPS) is 9.95. The lowest BCUT2D eigenvalue weighted by molar-refractivity contribution is -0.156. The molecule has 0 amide bonds. The van der Waals surface area contributed by atoms with E-state index in [1.54, 1.807) is 0 Å². The molecule has 0 aromatic heterocycles. The summed E-state index contributed by atoms with van der Waals surface area (Å²) >= 11 is 0. The average Bonchev–Trinajstić information content (AvgIpc) is 2.29. The smallest absolute Gasteiger partial charge is 0.302 e. The Hall–Kier alpha value is -1.67. The molecule has 0 fully saturated rings. The molecule has 0 heterocycles. The van der Waals surface area contributed by atoms with Crippen molar-refractivity contribution in [2.24, 2.45) is 5.41 Å². The Kier molecular flexibility index (Phi) is 10.6. The van der Waals surface area contributed by atoms with Gasteiger partial charge in [-0.1, -0.05) is 0 Å². The van der Waals surface area contributed by atoms with Gasteiger partial charge in [0.2, 0.25) is 0 Å². The fourth-order valence-electron chi connectivity index (χ4n) is 0.784. The van der Waals surface area contributed by atoms with E-state index in [1.807, 2.05) is 0 Å². The number of aliphatic carboxylic acids is 1. The van der Waals surface area contributed by atoms with Crippen LogP contribution in [-0.4, -0.2) is 59.7 Å². The highest BCUT2D eigenvalue weighted by molar-refractivity contribution is 5.66. The number of esters is 2. The van der Waals surface area contributed by atoms with Gasteiger partial charge in [-0.3, -0.25) is 14.4 Å². The van der Waals surface area contributed by atoms with Crippen LogP contribution in [0, 0.1) is 5.41 Å². The number of carbonyl (C=O) groups excluding carboxylic acids is 2. The van der Waals surface area contributed by atoms with E-state index in [1.165, 1.54) is 13.8 Å². The van der Waals surface area contributed by atoms with Crippen molar-refractivity contribution < 1.29 is 39.2 Å². The van der Waals surface area contributed by atoms with Gasteiger partial charge >= 0.3 is 11.9 Å². The summed E-state index contributed by atoms with van der Waals surface area (Å²) in [6, 6.07) is 0. The average molecular weight is 280 g/mol. The third-order valence-corrected chi connectivity index (χ3v) is 1.83. The number of carbonyl (C=O) groups is 3. The quantitative estimate of drug-likeness (QED) is 0.538. The van der Waals surface area contributed by atoms with Crippen molar-refractivity contribution in [3.8, 4) is 0 Å². The number of aliphatic hydroxyl groups is 2. The van der Waals surface area contributed by atoms with E-state index in [2.05, 4.69) is 9.47 Å². The summed E-state index contributed by atoms with van der Waals surface area (Å²) in [5.41, 5.74) is -1.13. The molecule has 0 saturated carbocycles. The highest BCUT2D eigenvalue weighted by atomic mass is 16.5. The molecule has 0 spiro atoms. The fourth-order valence-corrected chi connectivity index (χ4v) is 0.784. The van der Waals surface area contributed by atoms with Crippen LogP contribution in [0.3, 0.4) is 0 Å². The number of rotatable bonds is 6. The Bertz CT molecular complexity index is 271. The first-order valence-electron chi connectivity index (χ1n) is 5.37. The zero-order valence-electron chi connectivity index (χ0n) is 11.2. The lowest BCUT2D eigenvalue weighted by Crippen LogP contribution is -2.40. The van der Waals surface area contributed by atoms with E-state index >= 15 is 0 Å². The Morgan fingerprint density at radius 3 is 1.32 bits per heavy atom. The highest BCUT2D eigenvalue weighted by Crippen LogP contribution is 2.17. The van der Waals surface area contributed by atoms with Gasteiger partial charge in [0, 0.05) is 20.8 Å². The van der Waals surface area contributed by atoms with E-state index in [4.69, 9.17) is 20.1 Å². The second kappa shape index (κ2) is 10.3. The second-order valence-corrected chi connectivity index (χ2v) is 3.90. The van der Waals surface area contributed by atoms with Crippen molar-refractivity contribution in [1.29, 1.82) is 0 Å². The predicted octanol–water partition coefficient (Wildman–Crippen LogP) is -0.826. The summed E-state index contributed by atoms with van der Waals surface area (Å²) < 4.78 is 9.34. The van der Waals surface area contributed by atoms with Gasteiger partial charge in [-0.05, 0) is 0 Å². The van der Waals surface area contributed by atoms with Gasteiger partial charge in [0.05, 0.1) is 18.6 Å². The molecule has 0 aromatic carbocycles. The Balaban J connectivity index is 0. The van der Waals surface area contributed by atoms with Crippen LogP contribution in [-0.2, 0) is 23.9 Å². The van der Waals surface area contributed by atoms with Crippen molar-refractivity contribution in [2.45, 2.75) is 20.8 Å². The van der Waals surface area contributed by atoms with Gasteiger partial charge in [-0.25, -0.2) is 0 Å². The van der Waals surface area contributed by atoms with E-state index in [0.29, 0.717) is 0 Å². The lowest BCUT2D eigenvalue weighted by atomic mass is 9.92. The summed E-state index contributed by atoms with van der Waals surface area (Å²) in [6.07, 6.45) is 0. The number of hydrogen-bond acceptors (Lipinski definition) is 7. The van der Waals surface area contributed by atoms with Crippen LogP contribution in [0.5, 0.6) is 0 Å². The molecule has 0 aliphatic carbocycles. The summed E-state index contributed by atoms with van der Waals surface area (Å²) in [4.78, 5) is 30.1. The maximum atomic E-state index is 10.6. The molecule has 0 saturated heterocycles. The Morgan fingerprint density at radius 1 is 0.895 bits per heavy atom. The van der Waals surface area contributed by atoms with Crippen molar-refractivity contribution >= 4 is 17.9 Å². The molecule has 0 unspecified atom stereocenters. The molecule has 0 bridgehead atoms. The molecule has 3 N–H and O–H groups in total. The van der Waals surface area contributed by atoms with Crippen molar-refractivity contribution in [3.63, 3.8) is 0 Å². The second-order valence-electron chi connectivity index (χ2n) is 3.90. The fraction of sp³-hybridized carbons (Fsp3) is 0.727. The maximum absolute atomic E-state index is 10.6. The van der Waals surface area contributed by atoms with Crippen LogP contribution < -0.4 is 0 Å². The zero-order chi connectivity index (χ0) is 15.5. The maximum Gasteiger partial charge on any atom is 0.302 e. The minimum Gasteiger partial charge on any atom is -0.481 e. The van der Waals surface area contributed by atoms with Gasteiger partial charge in [0.1, 0.15) is 13.2 Å². The Labute approximate surface area is 110 Å². The van der Waals surface area contributed by atoms with E-state index in [0.717, 1.165) is 6.92 Å². The number of ether oxygens (including phenoxy) is 2. The molecule has 0 atom stereocenters. The van der Waals surface area contributed by atoms with Crippen LogP contribution in [0.15, 0.2) is 0 Å². The molecule has 0 aliphatic heterocycles. The van der Waals surface area contributed by atoms with Gasteiger partial charge in [0.15, 0.2) is 0 Å². The van der Waals surface area contributed by atoms with E-state index in [-0.39, 0.29) is 13.2 Å². The summed E-state index contributed by atoms with van der Waals surface area (Å²) in [5.74, 6) is -1.88. The number of carboxylic acids is 1. The molecule has 0 aliphatic rings. The molecular formula is C11H20O8. The number of carboxylic acid groups (broad SMARTS) is 1. The third kappa shape index (κ3) is 12.6. The first-order chi connectivity index (χ1) is 8.69. The van der Waals surface area contributed by atoms with Crippen LogP contribution in [0.4, 0.5) is 0 Å². The minimum absolute atomic E-state index is 0.192. The monoisotopic (exact) mass is 280 g/mol. The lowest BCUT2D eigenvalue weighted by Gasteiger charge is -2.27. The first kappa shape index (κ1) is 19.7. The van der Waals surface area contributed by atoms with E-state index in [9.17, 15) is 9.59 Å². The van der Waals surface area contributed by atoms with Gasteiger partial charge in [-0.15, -0.1) is 0 Å². The topological polar surface area (TPSA) is 130 Å². The first-order valence-corrected chi connectivity index (χ1v) is 5.37. The molecule has 0 radical (unpaired) electrons. The van der Waals surface area contributed by atoms with Crippen LogP contribution in [0.1, 0.15) is 20.8 Å². The highest BCUT2D eigenvalue weighted by Gasteiger charge is 2.32. The number of aliphatic hydroxyl groups excluding tert-OH is 2. The molecular weight excluding hydrogens is 260 g/mol. The molecule has 8 nitrogen and oxygen atoms in total. The SMILES string of the molecule is CC(=O)O.CC(=O)OCC(CO)(CO)COC(C)=O. The summed E-state index contributed by atoms with van der Waals surface area (Å²) in [7, 11) is 0. The summed E-state index contributed by atoms with van der Waals surface area (Å²) in [6.45, 7) is 2.25. The molecule has 19 heavy (non-hydrogen) atoms. The minimum atomic E-state index is -1.13. The third-order valence-electron chi connectivity index (χ3n) is 1.83. The van der Waals surface area contributed by atoms with Gasteiger partial charge < -0.3 is 24.8 Å². The predicted molar refractivity (Wildman–Crippen MR) is 63.2 cm³/mol. The van der Waals surface area contributed by atoms with Gasteiger partial charge in [-0.2, -0.15) is 0 Å². The van der Waals surface area contributed by atoms with Gasteiger partial charge in [0.25, 0.3) is 5.97 Å². The largest absolute Gasteiger partial charge is 0.481 e. The van der Waals surface area contributed by atoms with Crippen molar-refractivity contribution in [1.82, 2.24) is 0 Å². The number of hydrogen-bond donors (Lipinski definition) is 3. The Morgan fingerprint density at radius 2 is 1.16 bits per heavy atom. The molecule has 112 valence electrons. The molecule has 0 aromatic rings. The summed E-state index contributed by atoms with van der Waals surface area (Å²) in [5, 5.41) is 25.5. The molecule has 8 heteroatoms. The standard InChI is InChI=1S/C9H16O6.C2H4O2/c1-7(12)14-5-9(3-10,4-11)6-15-8(2)13;1-2(3)4/h10-11H,3-6H2,1-2H3;1H3,(H,3,4). The molecule has 0 rings (SSSR count). The van der Waals surface area contributed by atoms with Crippen LogP contribution in [0.2, 0.25) is 0 Å². The van der Waals surface area contributed by atoms with Crippen molar-refractivity contribution in [3.05, 3.63) is 0 Å². The van der Waals surface area contributed by atoms with E-state index < -0.39 is 36.5 Å².